The lowest BCUT2D eigenvalue weighted by Crippen LogP contribution is -2.70. The van der Waals surface area contributed by atoms with Gasteiger partial charge in [0.2, 0.25) is 0 Å². The maximum Gasteiger partial charge on any atom is 0.336 e. The van der Waals surface area contributed by atoms with Crippen molar-refractivity contribution in [3.63, 3.8) is 0 Å². The summed E-state index contributed by atoms with van der Waals surface area (Å²) in [5.74, 6) is -1.15. The van der Waals surface area contributed by atoms with E-state index in [1.165, 1.54) is 18.2 Å². The van der Waals surface area contributed by atoms with Gasteiger partial charge in [-0.2, -0.15) is 0 Å². The SMILES string of the molecule is O=C(COc1ccc(Cl)c(F)c1)NC12CCC(NC(=O)c3ccc4oc(=O)ccc4c3)(CC1)[C@H](O)C2. The van der Waals surface area contributed by atoms with E-state index in [0.29, 0.717) is 42.2 Å². The van der Waals surface area contributed by atoms with Crippen LogP contribution in [-0.4, -0.2) is 40.7 Å². The van der Waals surface area contributed by atoms with E-state index >= 15 is 0 Å². The summed E-state index contributed by atoms with van der Waals surface area (Å²) < 4.78 is 24.1. The lowest BCUT2D eigenvalue weighted by Gasteiger charge is -2.56. The molecule has 3 fully saturated rings. The summed E-state index contributed by atoms with van der Waals surface area (Å²) in [6, 6.07) is 11.6. The molecule has 3 N–H and O–H groups in total. The zero-order valence-electron chi connectivity index (χ0n) is 19.2. The summed E-state index contributed by atoms with van der Waals surface area (Å²) in [6.45, 7) is -0.303. The van der Waals surface area contributed by atoms with Crippen LogP contribution in [0.5, 0.6) is 5.75 Å². The van der Waals surface area contributed by atoms with Gasteiger partial charge in [-0.3, -0.25) is 9.59 Å². The number of carbonyl (C=O) groups excluding carboxylic acids is 2. The maximum absolute atomic E-state index is 13.6. The third-order valence-corrected chi connectivity index (χ3v) is 7.54. The van der Waals surface area contributed by atoms with E-state index in [9.17, 15) is 23.9 Å². The van der Waals surface area contributed by atoms with Crippen LogP contribution >= 0.6 is 11.6 Å². The molecule has 2 bridgehead atoms. The number of hydrogen-bond donors (Lipinski definition) is 3. The highest BCUT2D eigenvalue weighted by Crippen LogP contribution is 2.47. The van der Waals surface area contributed by atoms with Gasteiger partial charge in [-0.15, -0.1) is 0 Å². The van der Waals surface area contributed by atoms with Gasteiger partial charge in [0.05, 0.1) is 16.7 Å². The normalized spacial score (nSPS) is 24.9. The Balaban J connectivity index is 1.21. The van der Waals surface area contributed by atoms with Gasteiger partial charge in [-0.1, -0.05) is 11.6 Å². The number of amides is 2. The van der Waals surface area contributed by atoms with Crippen molar-refractivity contribution in [2.24, 2.45) is 0 Å². The molecule has 0 spiro atoms. The molecule has 0 saturated heterocycles. The highest BCUT2D eigenvalue weighted by molar-refractivity contribution is 6.30. The van der Waals surface area contributed by atoms with Crippen LogP contribution in [0.3, 0.4) is 0 Å². The smallest absolute Gasteiger partial charge is 0.336 e. The standard InChI is InChI=1S/C26H24ClFN2O6/c27-18-4-3-17(12-19(18)28)35-14-22(32)29-25-7-9-26(10-8-25,21(31)13-25)30-24(34)16-1-5-20-15(11-16)2-6-23(33)36-20/h1-6,11-12,21,31H,7-10,13-14H2,(H,29,32)(H,30,34)/t21-,25?,26?/m1/s1. The van der Waals surface area contributed by atoms with Crippen LogP contribution in [0.2, 0.25) is 5.02 Å². The Hall–Kier alpha value is -3.43. The average Bonchev–Trinajstić information content (AvgIpc) is 2.85. The van der Waals surface area contributed by atoms with Crippen molar-refractivity contribution in [2.75, 3.05) is 6.61 Å². The Morgan fingerprint density at radius 2 is 1.86 bits per heavy atom. The van der Waals surface area contributed by atoms with Gasteiger partial charge in [-0.25, -0.2) is 9.18 Å². The largest absolute Gasteiger partial charge is 0.484 e. The molecule has 3 aromatic rings. The zero-order chi connectivity index (χ0) is 25.5. The predicted molar refractivity (Wildman–Crippen MR) is 130 cm³/mol. The number of hydrogen-bond acceptors (Lipinski definition) is 6. The fraction of sp³-hybridized carbons (Fsp3) is 0.346. The van der Waals surface area contributed by atoms with E-state index in [4.69, 9.17) is 20.8 Å². The third kappa shape index (κ3) is 4.68. The third-order valence-electron chi connectivity index (χ3n) is 7.23. The lowest BCUT2D eigenvalue weighted by molar-refractivity contribution is -0.129. The van der Waals surface area contributed by atoms with Crippen LogP contribution in [0.25, 0.3) is 11.0 Å². The molecule has 10 heteroatoms. The van der Waals surface area contributed by atoms with E-state index in [2.05, 4.69) is 10.6 Å². The van der Waals surface area contributed by atoms with Gasteiger partial charge in [0.15, 0.2) is 6.61 Å². The van der Waals surface area contributed by atoms with Crippen molar-refractivity contribution < 1.29 is 28.2 Å². The van der Waals surface area contributed by atoms with Crippen molar-refractivity contribution in [3.8, 4) is 5.75 Å². The number of rotatable bonds is 6. The molecule has 36 heavy (non-hydrogen) atoms. The zero-order valence-corrected chi connectivity index (χ0v) is 19.9. The summed E-state index contributed by atoms with van der Waals surface area (Å²) in [5, 5.41) is 17.6. The Bertz CT molecular complexity index is 1400. The quantitative estimate of drug-likeness (QED) is 0.434. The van der Waals surface area contributed by atoms with Crippen molar-refractivity contribution in [3.05, 3.63) is 75.4 Å². The number of nitrogens with one attached hydrogen (secondary N) is 2. The van der Waals surface area contributed by atoms with E-state index < -0.39 is 28.6 Å². The molecule has 0 aliphatic heterocycles. The number of aliphatic hydroxyl groups is 1. The van der Waals surface area contributed by atoms with Crippen LogP contribution in [0.1, 0.15) is 42.5 Å². The monoisotopic (exact) mass is 514 g/mol. The number of fused-ring (bicyclic) bond motifs is 4. The summed E-state index contributed by atoms with van der Waals surface area (Å²) in [5.41, 5.74) is -1.08. The number of carbonyl (C=O) groups is 2. The Labute approximate surface area is 210 Å². The number of benzene rings is 2. The van der Waals surface area contributed by atoms with E-state index in [0.717, 1.165) is 6.07 Å². The first-order valence-corrected chi connectivity index (χ1v) is 12.0. The van der Waals surface area contributed by atoms with Gasteiger partial charge in [0.25, 0.3) is 11.8 Å². The molecule has 188 valence electrons. The molecule has 8 nitrogen and oxygen atoms in total. The average molecular weight is 515 g/mol. The molecule has 6 rings (SSSR count). The number of ether oxygens (including phenoxy) is 1. The van der Waals surface area contributed by atoms with E-state index in [1.54, 1.807) is 24.3 Å². The summed E-state index contributed by atoms with van der Waals surface area (Å²) in [4.78, 5) is 37.0. The molecule has 1 aromatic heterocycles. The molecule has 3 saturated carbocycles. The predicted octanol–water partition coefficient (Wildman–Crippen LogP) is 3.33. The molecule has 0 radical (unpaired) electrons. The highest BCUT2D eigenvalue weighted by Gasteiger charge is 2.55. The van der Waals surface area contributed by atoms with Crippen LogP contribution < -0.4 is 21.0 Å². The fourth-order valence-corrected chi connectivity index (χ4v) is 5.34. The highest BCUT2D eigenvalue weighted by atomic mass is 35.5. The first kappa shape index (κ1) is 24.3. The summed E-state index contributed by atoms with van der Waals surface area (Å²) >= 11 is 5.66. The van der Waals surface area contributed by atoms with Gasteiger partial charge >= 0.3 is 5.63 Å². The van der Waals surface area contributed by atoms with Crippen LogP contribution in [-0.2, 0) is 4.79 Å². The molecule has 0 unspecified atom stereocenters. The van der Waals surface area contributed by atoms with E-state index in [1.807, 2.05) is 0 Å². The molecule has 3 aliphatic rings. The van der Waals surface area contributed by atoms with Crippen LogP contribution in [0, 0.1) is 5.82 Å². The van der Waals surface area contributed by atoms with E-state index in [-0.39, 0.29) is 35.6 Å². The second-order valence-electron chi connectivity index (χ2n) is 9.53. The Kier molecular flexibility index (Phi) is 6.22. The summed E-state index contributed by atoms with van der Waals surface area (Å²) in [7, 11) is 0. The molecular formula is C26H24ClFN2O6. The number of halogens is 2. The molecule has 2 aromatic carbocycles. The number of aliphatic hydroxyl groups excluding tert-OH is 1. The fourth-order valence-electron chi connectivity index (χ4n) is 5.22. The van der Waals surface area contributed by atoms with Gasteiger partial charge < -0.3 is 24.9 Å². The van der Waals surface area contributed by atoms with Crippen molar-refractivity contribution in [1.82, 2.24) is 10.6 Å². The minimum atomic E-state index is -0.853. The minimum absolute atomic E-state index is 0.0337. The molecule has 1 atom stereocenters. The molecule has 3 aliphatic carbocycles. The topological polar surface area (TPSA) is 118 Å². The molecular weight excluding hydrogens is 491 g/mol. The first-order chi connectivity index (χ1) is 17.2. The van der Waals surface area contributed by atoms with Gasteiger partial charge in [-0.05, 0) is 68.5 Å². The van der Waals surface area contributed by atoms with Crippen LogP contribution in [0.4, 0.5) is 4.39 Å². The molecule has 1 heterocycles. The maximum atomic E-state index is 13.6. The van der Waals surface area contributed by atoms with Gasteiger partial charge in [0, 0.05) is 28.6 Å². The van der Waals surface area contributed by atoms with Crippen molar-refractivity contribution >= 4 is 34.4 Å². The summed E-state index contributed by atoms with van der Waals surface area (Å²) in [6.07, 6.45) is 1.58. The second kappa shape index (κ2) is 9.22. The minimum Gasteiger partial charge on any atom is -0.484 e. The van der Waals surface area contributed by atoms with Crippen molar-refractivity contribution in [1.29, 1.82) is 0 Å². The second-order valence-corrected chi connectivity index (χ2v) is 9.94. The van der Waals surface area contributed by atoms with Gasteiger partial charge in [0.1, 0.15) is 17.1 Å². The van der Waals surface area contributed by atoms with Crippen LogP contribution in [0.15, 0.2) is 57.7 Å². The Morgan fingerprint density at radius 3 is 2.58 bits per heavy atom. The Morgan fingerprint density at radius 1 is 1.08 bits per heavy atom. The molecule has 2 amide bonds. The van der Waals surface area contributed by atoms with Crippen molar-refractivity contribution in [2.45, 2.75) is 49.3 Å². The first-order valence-electron chi connectivity index (χ1n) is 11.6. The lowest BCUT2D eigenvalue weighted by atomic mass is 9.60.